The molecule has 0 aliphatic rings. The van der Waals surface area contributed by atoms with Crippen LogP contribution in [0.25, 0.3) is 0 Å². The van der Waals surface area contributed by atoms with Crippen molar-refractivity contribution in [3.05, 3.63) is 125 Å². The SMILES string of the molecule is CCOC(=O)C(C)OC(=O)c1cc(Oc2ccc(C(F)(F)F)cc2Cl)ccc1[N+](=O)[O-].CCOC(=O)C(CC)OC(=O)c1cc(Oc2ccc(C(F)(F)F)cc2Cl)ccc1[N+](=O)[O-]. The van der Waals surface area contributed by atoms with Crippen LogP contribution in [0.15, 0.2) is 72.8 Å². The number of nitrogens with zero attached hydrogens (tertiary/aromatic N) is 2. The van der Waals surface area contributed by atoms with Crippen LogP contribution in [-0.4, -0.2) is 59.1 Å². The van der Waals surface area contributed by atoms with Gasteiger partial charge < -0.3 is 28.4 Å². The summed E-state index contributed by atoms with van der Waals surface area (Å²) in [7, 11) is 0. The van der Waals surface area contributed by atoms with Crippen molar-refractivity contribution in [2.24, 2.45) is 0 Å². The van der Waals surface area contributed by atoms with Crippen molar-refractivity contribution in [3.63, 3.8) is 0 Å². The van der Waals surface area contributed by atoms with E-state index in [0.717, 1.165) is 60.7 Å². The zero-order valence-electron chi connectivity index (χ0n) is 32.8. The topological polar surface area (TPSA) is 210 Å². The number of alkyl halides is 6. The van der Waals surface area contributed by atoms with Crippen LogP contribution in [0.1, 0.15) is 66.0 Å². The standard InChI is InChI=1S/C20H17ClF3NO7.C19H15ClF3NO7/c1-3-16(19(27)30-4-2)32-18(26)13-10-12(6-7-15(13)25(28)29)31-17-8-5-11(9-14(17)21)20(22,23)24;1-3-29-17(25)10(2)30-18(26)13-9-12(5-6-15(13)24(27)28)31-16-7-4-11(8-14(16)20)19(21,22)23/h5-10,16H,3-4H2,1-2H3;4-10H,3H2,1-2H3. The molecule has 0 amide bonds. The Hall–Kier alpha value is -6.68. The molecule has 24 heteroatoms. The molecule has 0 radical (unpaired) electrons. The van der Waals surface area contributed by atoms with E-state index in [1.807, 2.05) is 0 Å². The predicted octanol–water partition coefficient (Wildman–Crippen LogP) is 10.7. The first-order valence-electron chi connectivity index (χ1n) is 17.8. The number of hydrogen-bond donors (Lipinski definition) is 0. The quantitative estimate of drug-likeness (QED) is 0.0357. The molecule has 2 unspecified atom stereocenters. The highest BCUT2D eigenvalue weighted by Gasteiger charge is 2.33. The molecule has 0 N–H and O–H groups in total. The first-order valence-corrected chi connectivity index (χ1v) is 18.6. The van der Waals surface area contributed by atoms with Crippen molar-refractivity contribution >= 4 is 58.5 Å². The fourth-order valence-electron chi connectivity index (χ4n) is 4.83. The Bertz CT molecular complexity index is 2360. The zero-order chi connectivity index (χ0) is 47.4. The maximum absolute atomic E-state index is 12.8. The third kappa shape index (κ3) is 14.2. The molecule has 0 spiro atoms. The third-order valence-electron chi connectivity index (χ3n) is 7.82. The Morgan fingerprint density at radius 1 is 0.619 bits per heavy atom. The van der Waals surface area contributed by atoms with Gasteiger partial charge in [-0.1, -0.05) is 30.1 Å². The highest BCUT2D eigenvalue weighted by atomic mass is 35.5. The van der Waals surface area contributed by atoms with E-state index in [1.165, 1.54) is 6.92 Å². The molecule has 0 aliphatic heterocycles. The molecule has 0 aliphatic carbocycles. The second-order valence-electron chi connectivity index (χ2n) is 12.2. The minimum absolute atomic E-state index is 0.0398. The van der Waals surface area contributed by atoms with Crippen molar-refractivity contribution in [1.82, 2.24) is 0 Å². The number of esters is 4. The number of rotatable bonds is 15. The number of nitro groups is 2. The summed E-state index contributed by atoms with van der Waals surface area (Å²) in [6.45, 7) is 5.97. The van der Waals surface area contributed by atoms with Crippen LogP contribution in [-0.2, 0) is 40.9 Å². The summed E-state index contributed by atoms with van der Waals surface area (Å²) in [5.41, 5.74) is -4.32. The van der Waals surface area contributed by atoms with Gasteiger partial charge in [0, 0.05) is 24.3 Å². The lowest BCUT2D eigenvalue weighted by molar-refractivity contribution is -0.385. The molecule has 0 heterocycles. The van der Waals surface area contributed by atoms with Gasteiger partial charge in [0.25, 0.3) is 11.4 Å². The number of ether oxygens (including phenoxy) is 6. The monoisotopic (exact) mass is 936 g/mol. The van der Waals surface area contributed by atoms with Gasteiger partial charge in [-0.05, 0) is 75.7 Å². The first kappa shape index (κ1) is 50.7. The molecule has 0 aromatic heterocycles. The number of benzene rings is 4. The van der Waals surface area contributed by atoms with Gasteiger partial charge >= 0.3 is 36.2 Å². The number of nitro benzene ring substituents is 2. The molecule has 338 valence electrons. The maximum Gasteiger partial charge on any atom is 0.416 e. The van der Waals surface area contributed by atoms with Gasteiger partial charge in [0.1, 0.15) is 34.1 Å². The second kappa shape index (κ2) is 21.9. The summed E-state index contributed by atoms with van der Waals surface area (Å²) in [5.74, 6) is -4.65. The largest absolute Gasteiger partial charge is 0.463 e. The molecule has 0 saturated heterocycles. The van der Waals surface area contributed by atoms with Gasteiger partial charge in [-0.25, -0.2) is 19.2 Å². The smallest absolute Gasteiger partial charge is 0.416 e. The molecule has 4 aromatic rings. The zero-order valence-corrected chi connectivity index (χ0v) is 34.3. The van der Waals surface area contributed by atoms with Crippen LogP contribution < -0.4 is 9.47 Å². The lowest BCUT2D eigenvalue weighted by Gasteiger charge is -2.15. The molecule has 63 heavy (non-hydrogen) atoms. The van der Waals surface area contributed by atoms with E-state index in [-0.39, 0.29) is 52.7 Å². The van der Waals surface area contributed by atoms with E-state index < -0.39 is 91.9 Å². The molecular formula is C39H32Cl2F6N2O14. The molecule has 0 bridgehead atoms. The molecule has 2 atom stereocenters. The van der Waals surface area contributed by atoms with Crippen LogP contribution in [0.5, 0.6) is 23.0 Å². The van der Waals surface area contributed by atoms with E-state index in [4.69, 9.17) is 51.6 Å². The first-order chi connectivity index (χ1) is 29.4. The minimum atomic E-state index is -4.61. The van der Waals surface area contributed by atoms with Crippen molar-refractivity contribution < 1.29 is 83.8 Å². The third-order valence-corrected chi connectivity index (χ3v) is 8.41. The van der Waals surface area contributed by atoms with Crippen molar-refractivity contribution in [3.8, 4) is 23.0 Å². The molecule has 0 fully saturated rings. The predicted molar refractivity (Wildman–Crippen MR) is 207 cm³/mol. The van der Waals surface area contributed by atoms with Crippen LogP contribution in [0.3, 0.4) is 0 Å². The molecule has 4 rings (SSSR count). The highest BCUT2D eigenvalue weighted by Crippen LogP contribution is 2.39. The van der Waals surface area contributed by atoms with Gasteiger partial charge in [-0.2, -0.15) is 26.3 Å². The van der Waals surface area contributed by atoms with E-state index in [0.29, 0.717) is 12.1 Å². The van der Waals surface area contributed by atoms with Gasteiger partial charge in [0.15, 0.2) is 12.2 Å². The van der Waals surface area contributed by atoms with Gasteiger partial charge in [0.2, 0.25) is 0 Å². The Morgan fingerprint density at radius 2 is 1.02 bits per heavy atom. The average Bonchev–Trinajstić information content (AvgIpc) is 3.20. The van der Waals surface area contributed by atoms with Crippen LogP contribution in [0, 0.1) is 20.2 Å². The van der Waals surface area contributed by atoms with Crippen LogP contribution >= 0.6 is 23.2 Å². The maximum atomic E-state index is 12.8. The van der Waals surface area contributed by atoms with Gasteiger partial charge in [-0.3, -0.25) is 20.2 Å². The summed E-state index contributed by atoms with van der Waals surface area (Å²) in [6.07, 6.45) is -11.8. The minimum Gasteiger partial charge on any atom is -0.463 e. The Labute approximate surface area is 361 Å². The molecule has 4 aromatic carbocycles. The number of carbonyl (C=O) groups is 4. The fraction of sp³-hybridized carbons (Fsp3) is 0.282. The number of halogens is 8. The summed E-state index contributed by atoms with van der Waals surface area (Å²) in [5, 5.41) is 21.8. The summed E-state index contributed by atoms with van der Waals surface area (Å²) in [6, 6.07) is 10.8. The lowest BCUT2D eigenvalue weighted by Crippen LogP contribution is -2.28. The highest BCUT2D eigenvalue weighted by molar-refractivity contribution is 6.32. The Kier molecular flexibility index (Phi) is 17.6. The lowest BCUT2D eigenvalue weighted by atomic mass is 10.1. The fourth-order valence-corrected chi connectivity index (χ4v) is 5.27. The van der Waals surface area contributed by atoms with Crippen molar-refractivity contribution in [2.45, 2.75) is 58.7 Å². The van der Waals surface area contributed by atoms with Crippen LogP contribution in [0.4, 0.5) is 37.7 Å². The Morgan fingerprint density at radius 3 is 1.37 bits per heavy atom. The average molecular weight is 938 g/mol. The van der Waals surface area contributed by atoms with E-state index in [2.05, 4.69) is 0 Å². The van der Waals surface area contributed by atoms with E-state index in [9.17, 15) is 65.7 Å². The summed E-state index contributed by atoms with van der Waals surface area (Å²) in [4.78, 5) is 69.2. The van der Waals surface area contributed by atoms with Gasteiger partial charge in [-0.15, -0.1) is 0 Å². The van der Waals surface area contributed by atoms with Crippen molar-refractivity contribution in [2.75, 3.05) is 13.2 Å². The summed E-state index contributed by atoms with van der Waals surface area (Å²) < 4.78 is 107. The molecular weight excluding hydrogens is 905 g/mol. The van der Waals surface area contributed by atoms with E-state index >= 15 is 0 Å². The van der Waals surface area contributed by atoms with Gasteiger partial charge in [0.05, 0.1) is 44.2 Å². The van der Waals surface area contributed by atoms with Crippen molar-refractivity contribution in [1.29, 1.82) is 0 Å². The van der Waals surface area contributed by atoms with E-state index in [1.54, 1.807) is 20.8 Å². The van der Waals surface area contributed by atoms with Crippen LogP contribution in [0.2, 0.25) is 10.0 Å². The molecule has 16 nitrogen and oxygen atoms in total. The Balaban J connectivity index is 0.000000335. The number of carbonyl (C=O) groups excluding carboxylic acids is 4. The number of hydrogen-bond acceptors (Lipinski definition) is 14. The normalized spacial score (nSPS) is 12.1. The second-order valence-corrected chi connectivity index (χ2v) is 13.0. The molecule has 0 saturated carbocycles. The summed E-state index contributed by atoms with van der Waals surface area (Å²) >= 11 is 11.7.